The van der Waals surface area contributed by atoms with E-state index in [-0.39, 0.29) is 5.91 Å². The van der Waals surface area contributed by atoms with Crippen molar-refractivity contribution in [3.8, 4) is 0 Å². The monoisotopic (exact) mass is 346 g/mol. The Bertz CT molecular complexity index is 693. The third kappa shape index (κ3) is 4.75. The van der Waals surface area contributed by atoms with E-state index in [9.17, 15) is 4.79 Å². The van der Waals surface area contributed by atoms with E-state index in [4.69, 9.17) is 4.52 Å². The summed E-state index contributed by atoms with van der Waals surface area (Å²) < 4.78 is 5.26. The predicted octanol–water partition coefficient (Wildman–Crippen LogP) is 2.14. The molecule has 0 aliphatic carbocycles. The van der Waals surface area contributed by atoms with Crippen LogP contribution in [0.4, 0.5) is 0 Å². The van der Waals surface area contributed by atoms with Gasteiger partial charge in [-0.15, -0.1) is 11.3 Å². The summed E-state index contributed by atoms with van der Waals surface area (Å²) in [6, 6.07) is 4.10. The van der Waals surface area contributed by atoms with Gasteiger partial charge in [-0.05, 0) is 36.9 Å². The standard InChI is InChI=1S/C17H22N4O2S/c1-21-10-7-13(8-11-21)17-19-16(23-20-17)5-4-15(22)18-9-6-14-3-2-12-24-14/h2-3,7,12H,4-6,8-11H2,1H3,(H,18,22). The van der Waals surface area contributed by atoms with Crippen LogP contribution in [0, 0.1) is 0 Å². The van der Waals surface area contributed by atoms with E-state index in [1.165, 1.54) is 4.88 Å². The molecule has 0 fully saturated rings. The topological polar surface area (TPSA) is 71.3 Å². The first-order valence-corrected chi connectivity index (χ1v) is 9.08. The van der Waals surface area contributed by atoms with E-state index in [0.29, 0.717) is 31.1 Å². The molecule has 2 aromatic heterocycles. The molecule has 0 radical (unpaired) electrons. The number of aromatic nitrogens is 2. The summed E-state index contributed by atoms with van der Waals surface area (Å²) >= 11 is 1.71. The number of hydrogen-bond donors (Lipinski definition) is 1. The number of carbonyl (C=O) groups is 1. The van der Waals surface area contributed by atoms with Gasteiger partial charge in [0.15, 0.2) is 5.82 Å². The molecule has 1 aliphatic rings. The Kier molecular flexibility index (Phi) is 5.77. The van der Waals surface area contributed by atoms with Crippen molar-refractivity contribution in [3.05, 3.63) is 40.2 Å². The third-order valence-electron chi connectivity index (χ3n) is 4.01. The van der Waals surface area contributed by atoms with Crippen molar-refractivity contribution < 1.29 is 9.32 Å². The molecule has 0 spiro atoms. The lowest BCUT2D eigenvalue weighted by atomic mass is 10.1. The van der Waals surface area contributed by atoms with Crippen molar-refractivity contribution in [2.24, 2.45) is 0 Å². The molecular formula is C17H22N4O2S. The molecule has 6 nitrogen and oxygen atoms in total. The van der Waals surface area contributed by atoms with Crippen molar-refractivity contribution in [1.29, 1.82) is 0 Å². The first-order chi connectivity index (χ1) is 11.7. The average molecular weight is 346 g/mol. The lowest BCUT2D eigenvalue weighted by molar-refractivity contribution is -0.121. The lowest BCUT2D eigenvalue weighted by Crippen LogP contribution is -2.25. The summed E-state index contributed by atoms with van der Waals surface area (Å²) in [5, 5.41) is 9.01. The molecule has 1 aliphatic heterocycles. The van der Waals surface area contributed by atoms with Crippen molar-refractivity contribution in [1.82, 2.24) is 20.4 Å². The summed E-state index contributed by atoms with van der Waals surface area (Å²) in [5.74, 6) is 1.21. The molecule has 3 heterocycles. The Morgan fingerprint density at radius 3 is 3.12 bits per heavy atom. The summed E-state index contributed by atoms with van der Waals surface area (Å²) in [5.41, 5.74) is 1.13. The molecule has 0 aromatic carbocycles. The molecule has 7 heteroatoms. The van der Waals surface area contributed by atoms with Gasteiger partial charge in [0.2, 0.25) is 11.8 Å². The lowest BCUT2D eigenvalue weighted by Gasteiger charge is -2.19. The van der Waals surface area contributed by atoms with Crippen LogP contribution in [0.1, 0.15) is 29.4 Å². The third-order valence-corrected chi connectivity index (χ3v) is 4.94. The molecule has 0 saturated heterocycles. The van der Waals surface area contributed by atoms with Crippen molar-refractivity contribution >= 4 is 22.8 Å². The van der Waals surface area contributed by atoms with Gasteiger partial charge in [0.1, 0.15) is 0 Å². The van der Waals surface area contributed by atoms with Gasteiger partial charge >= 0.3 is 0 Å². The predicted molar refractivity (Wildman–Crippen MR) is 93.7 cm³/mol. The first kappa shape index (κ1) is 16.9. The highest BCUT2D eigenvalue weighted by Gasteiger charge is 2.15. The van der Waals surface area contributed by atoms with Gasteiger partial charge in [-0.2, -0.15) is 4.98 Å². The molecule has 24 heavy (non-hydrogen) atoms. The minimum Gasteiger partial charge on any atom is -0.356 e. The van der Waals surface area contributed by atoms with Gasteiger partial charge in [0.05, 0.1) is 0 Å². The summed E-state index contributed by atoms with van der Waals surface area (Å²) in [6.45, 7) is 2.57. The van der Waals surface area contributed by atoms with Gasteiger partial charge in [0, 0.05) is 37.4 Å². The Hall–Kier alpha value is -1.99. The molecule has 1 N–H and O–H groups in total. The van der Waals surface area contributed by atoms with Crippen LogP contribution in [0.5, 0.6) is 0 Å². The highest BCUT2D eigenvalue weighted by Crippen LogP contribution is 2.19. The van der Waals surface area contributed by atoms with E-state index < -0.39 is 0 Å². The SMILES string of the molecule is CN1CC=C(c2noc(CCC(=O)NCCc3cccs3)n2)CC1. The molecule has 0 saturated carbocycles. The zero-order chi connectivity index (χ0) is 16.8. The fraction of sp³-hybridized carbons (Fsp3) is 0.471. The number of hydrogen-bond acceptors (Lipinski definition) is 6. The molecule has 1 amide bonds. The van der Waals surface area contributed by atoms with E-state index in [2.05, 4.69) is 39.5 Å². The van der Waals surface area contributed by atoms with E-state index in [0.717, 1.165) is 31.5 Å². The highest BCUT2D eigenvalue weighted by atomic mass is 32.1. The van der Waals surface area contributed by atoms with Crippen LogP contribution in [-0.2, 0) is 17.6 Å². The maximum absolute atomic E-state index is 11.9. The number of rotatable bonds is 7. The van der Waals surface area contributed by atoms with Gasteiger partial charge in [-0.3, -0.25) is 4.79 Å². The Morgan fingerprint density at radius 1 is 1.46 bits per heavy atom. The number of nitrogens with zero attached hydrogens (tertiary/aromatic N) is 3. The van der Waals surface area contributed by atoms with Crippen molar-refractivity contribution in [2.45, 2.75) is 25.7 Å². The second-order valence-corrected chi connectivity index (χ2v) is 6.96. The first-order valence-electron chi connectivity index (χ1n) is 8.20. The van der Waals surface area contributed by atoms with Crippen molar-refractivity contribution in [3.63, 3.8) is 0 Å². The molecule has 0 bridgehead atoms. The van der Waals surface area contributed by atoms with Gasteiger partial charge in [0.25, 0.3) is 0 Å². The number of thiophene rings is 1. The number of nitrogens with one attached hydrogen (secondary N) is 1. The number of carbonyl (C=O) groups excluding carboxylic acids is 1. The van der Waals surface area contributed by atoms with Crippen LogP contribution in [0.25, 0.3) is 5.57 Å². The second kappa shape index (κ2) is 8.21. The minimum absolute atomic E-state index is 0.0183. The fourth-order valence-electron chi connectivity index (χ4n) is 2.55. The zero-order valence-corrected chi connectivity index (χ0v) is 14.6. The van der Waals surface area contributed by atoms with Crippen molar-refractivity contribution in [2.75, 3.05) is 26.7 Å². The van der Waals surface area contributed by atoms with Crippen LogP contribution in [0.3, 0.4) is 0 Å². The van der Waals surface area contributed by atoms with Crippen LogP contribution in [0.2, 0.25) is 0 Å². The van der Waals surface area contributed by atoms with Gasteiger partial charge < -0.3 is 14.7 Å². The number of likely N-dealkylation sites (N-methyl/N-ethyl adjacent to an activating group) is 1. The summed E-state index contributed by atoms with van der Waals surface area (Å²) in [7, 11) is 2.09. The maximum atomic E-state index is 11.9. The average Bonchev–Trinajstić information content (AvgIpc) is 3.25. The van der Waals surface area contributed by atoms with Crippen LogP contribution >= 0.6 is 11.3 Å². The molecule has 3 rings (SSSR count). The smallest absolute Gasteiger partial charge is 0.227 e. The van der Waals surface area contributed by atoms with E-state index in [1.54, 1.807) is 11.3 Å². The minimum atomic E-state index is 0.0183. The van der Waals surface area contributed by atoms with Gasteiger partial charge in [-0.25, -0.2) is 0 Å². The van der Waals surface area contributed by atoms with Crippen LogP contribution in [0.15, 0.2) is 28.1 Å². The van der Waals surface area contributed by atoms with E-state index >= 15 is 0 Å². The molecule has 0 atom stereocenters. The van der Waals surface area contributed by atoms with Gasteiger partial charge in [-0.1, -0.05) is 17.3 Å². The van der Waals surface area contributed by atoms with Crippen LogP contribution < -0.4 is 5.32 Å². The Morgan fingerprint density at radius 2 is 2.38 bits per heavy atom. The largest absolute Gasteiger partial charge is 0.356 e. The fourth-order valence-corrected chi connectivity index (χ4v) is 3.26. The molecule has 2 aromatic rings. The quantitative estimate of drug-likeness (QED) is 0.832. The summed E-state index contributed by atoms with van der Waals surface area (Å²) in [6.07, 6.45) is 4.78. The second-order valence-electron chi connectivity index (χ2n) is 5.93. The van der Waals surface area contributed by atoms with Crippen LogP contribution in [-0.4, -0.2) is 47.6 Å². The number of amides is 1. The van der Waals surface area contributed by atoms with E-state index in [1.807, 2.05) is 11.4 Å². The zero-order valence-electron chi connectivity index (χ0n) is 13.8. The highest BCUT2D eigenvalue weighted by molar-refractivity contribution is 7.09. The Labute approximate surface area is 145 Å². The molecule has 0 unspecified atom stereocenters. The molecule has 128 valence electrons. The maximum Gasteiger partial charge on any atom is 0.227 e. The summed E-state index contributed by atoms with van der Waals surface area (Å²) in [4.78, 5) is 19.8. The number of aryl methyl sites for hydroxylation is 1. The Balaban J connectivity index is 1.41. The molecular weight excluding hydrogens is 324 g/mol. The normalized spacial score (nSPS) is 15.3.